The van der Waals surface area contributed by atoms with Crippen molar-refractivity contribution in [2.75, 3.05) is 0 Å². The summed E-state index contributed by atoms with van der Waals surface area (Å²) in [5, 5.41) is 2.87. The summed E-state index contributed by atoms with van der Waals surface area (Å²) in [6, 6.07) is 8.59. The smallest absolute Gasteiger partial charge is 0.248 e. The quantitative estimate of drug-likeness (QED) is 0.915. The predicted molar refractivity (Wildman–Crippen MR) is 78.0 cm³/mol. The molecule has 0 spiro atoms. The van der Waals surface area contributed by atoms with E-state index >= 15 is 0 Å². The van der Waals surface area contributed by atoms with Gasteiger partial charge >= 0.3 is 0 Å². The molecular formula is C16H22N2O2. The molecular weight excluding hydrogens is 252 g/mol. The van der Waals surface area contributed by atoms with E-state index in [2.05, 4.69) is 5.32 Å². The van der Waals surface area contributed by atoms with Gasteiger partial charge in [-0.2, -0.15) is 0 Å². The van der Waals surface area contributed by atoms with Crippen molar-refractivity contribution in [3.05, 3.63) is 35.9 Å². The summed E-state index contributed by atoms with van der Waals surface area (Å²) in [7, 11) is 0. The fourth-order valence-electron chi connectivity index (χ4n) is 2.73. The van der Waals surface area contributed by atoms with Crippen LogP contribution in [0.5, 0.6) is 0 Å². The van der Waals surface area contributed by atoms with E-state index in [-0.39, 0.29) is 23.9 Å². The van der Waals surface area contributed by atoms with Crippen molar-refractivity contribution < 1.29 is 9.59 Å². The van der Waals surface area contributed by atoms with Crippen LogP contribution >= 0.6 is 0 Å². The Hall–Kier alpha value is -1.84. The minimum absolute atomic E-state index is 0.00175. The Morgan fingerprint density at radius 3 is 2.40 bits per heavy atom. The molecule has 0 saturated carbocycles. The summed E-state index contributed by atoms with van der Waals surface area (Å²) in [4.78, 5) is 26.7. The van der Waals surface area contributed by atoms with Crippen LogP contribution in [0.25, 0.3) is 0 Å². The van der Waals surface area contributed by atoms with E-state index in [1.165, 1.54) is 0 Å². The summed E-state index contributed by atoms with van der Waals surface area (Å²) in [6.45, 7) is 5.92. The first-order valence-corrected chi connectivity index (χ1v) is 7.23. The summed E-state index contributed by atoms with van der Waals surface area (Å²) < 4.78 is 0. The van der Waals surface area contributed by atoms with Crippen LogP contribution in [0.4, 0.5) is 0 Å². The average Bonchev–Trinajstić information content (AvgIpc) is 2.43. The molecule has 0 aromatic heterocycles. The third kappa shape index (κ3) is 2.69. The molecule has 0 bridgehead atoms. The van der Waals surface area contributed by atoms with Crippen LogP contribution in [0.2, 0.25) is 0 Å². The van der Waals surface area contributed by atoms with Gasteiger partial charge in [-0.05, 0) is 25.8 Å². The van der Waals surface area contributed by atoms with Gasteiger partial charge in [-0.15, -0.1) is 0 Å². The van der Waals surface area contributed by atoms with Crippen LogP contribution in [-0.4, -0.2) is 28.8 Å². The second-order valence-corrected chi connectivity index (χ2v) is 5.50. The van der Waals surface area contributed by atoms with Crippen LogP contribution in [0.3, 0.4) is 0 Å². The molecule has 1 aliphatic heterocycles. The first kappa shape index (κ1) is 14.6. The minimum Gasteiger partial charge on any atom is -0.342 e. The lowest BCUT2D eigenvalue weighted by Gasteiger charge is -2.41. The average molecular weight is 274 g/mol. The molecule has 4 nitrogen and oxygen atoms in total. The van der Waals surface area contributed by atoms with E-state index in [1.807, 2.05) is 51.1 Å². The molecule has 1 aromatic carbocycles. The number of nitrogens with one attached hydrogen (secondary N) is 1. The lowest BCUT2D eigenvalue weighted by Crippen LogP contribution is -2.61. The number of carbonyl (C=O) groups is 2. The molecule has 1 N–H and O–H groups in total. The fourth-order valence-corrected chi connectivity index (χ4v) is 2.73. The summed E-state index contributed by atoms with van der Waals surface area (Å²) >= 11 is 0. The second-order valence-electron chi connectivity index (χ2n) is 5.50. The zero-order valence-electron chi connectivity index (χ0n) is 12.3. The predicted octanol–water partition coefficient (Wildman–Crippen LogP) is 2.26. The summed E-state index contributed by atoms with van der Waals surface area (Å²) in [5.74, 6) is -0.0572. The Morgan fingerprint density at radius 2 is 1.85 bits per heavy atom. The second kappa shape index (κ2) is 6.07. The molecule has 1 fully saturated rings. The first-order valence-electron chi connectivity index (χ1n) is 7.23. The van der Waals surface area contributed by atoms with Crippen molar-refractivity contribution in [3.63, 3.8) is 0 Å². The first-order chi connectivity index (χ1) is 9.56. The highest BCUT2D eigenvalue weighted by molar-refractivity contribution is 5.97. The van der Waals surface area contributed by atoms with Crippen molar-refractivity contribution in [1.29, 1.82) is 0 Å². The van der Waals surface area contributed by atoms with Crippen molar-refractivity contribution in [3.8, 4) is 0 Å². The summed E-state index contributed by atoms with van der Waals surface area (Å²) in [6.07, 6.45) is 1.56. The molecule has 2 amide bonds. The molecule has 1 aliphatic rings. The molecule has 1 aromatic rings. The maximum Gasteiger partial charge on any atom is 0.248 e. The van der Waals surface area contributed by atoms with Gasteiger partial charge < -0.3 is 10.2 Å². The van der Waals surface area contributed by atoms with Gasteiger partial charge in [-0.25, -0.2) is 0 Å². The van der Waals surface area contributed by atoms with Crippen LogP contribution in [-0.2, 0) is 9.59 Å². The lowest BCUT2D eigenvalue weighted by atomic mass is 9.96. The van der Waals surface area contributed by atoms with Gasteiger partial charge in [0.25, 0.3) is 0 Å². The Kier molecular flexibility index (Phi) is 4.42. The fraction of sp³-hybridized carbons (Fsp3) is 0.500. The summed E-state index contributed by atoms with van der Waals surface area (Å²) in [5.41, 5.74) is 0.863. The Balaban J connectivity index is 2.36. The molecule has 2 unspecified atom stereocenters. The maximum atomic E-state index is 12.6. The number of nitrogens with zero attached hydrogens (tertiary/aromatic N) is 1. The van der Waals surface area contributed by atoms with Crippen molar-refractivity contribution in [2.24, 2.45) is 0 Å². The van der Waals surface area contributed by atoms with E-state index < -0.39 is 6.04 Å². The number of amides is 2. The van der Waals surface area contributed by atoms with Crippen LogP contribution < -0.4 is 5.32 Å². The van der Waals surface area contributed by atoms with Gasteiger partial charge in [-0.1, -0.05) is 43.7 Å². The Labute approximate surface area is 120 Å². The standard InChI is InChI=1S/C16H22N2O2/c1-4-8-13-16(20)18(11(2)3)14(15(19)17-13)12-9-6-5-7-10-12/h5-7,9-11,13-14H,4,8H2,1-3H3,(H,17,19). The highest BCUT2D eigenvalue weighted by atomic mass is 16.2. The monoisotopic (exact) mass is 274 g/mol. The number of hydrogen-bond acceptors (Lipinski definition) is 2. The van der Waals surface area contributed by atoms with Crippen LogP contribution in [0.15, 0.2) is 30.3 Å². The lowest BCUT2D eigenvalue weighted by molar-refractivity contribution is -0.152. The largest absolute Gasteiger partial charge is 0.342 e. The molecule has 1 saturated heterocycles. The molecule has 1 heterocycles. The van der Waals surface area contributed by atoms with Gasteiger partial charge in [0, 0.05) is 6.04 Å². The van der Waals surface area contributed by atoms with Gasteiger partial charge in [0.05, 0.1) is 0 Å². The van der Waals surface area contributed by atoms with Crippen molar-refractivity contribution >= 4 is 11.8 Å². The maximum absolute atomic E-state index is 12.6. The zero-order chi connectivity index (χ0) is 14.7. The van der Waals surface area contributed by atoms with Gasteiger partial charge in [0.2, 0.25) is 11.8 Å². The molecule has 0 radical (unpaired) electrons. The number of rotatable bonds is 4. The minimum atomic E-state index is -0.517. The number of piperazine rings is 1. The van der Waals surface area contributed by atoms with E-state index in [0.29, 0.717) is 6.42 Å². The zero-order valence-corrected chi connectivity index (χ0v) is 12.3. The number of benzene rings is 1. The van der Waals surface area contributed by atoms with Gasteiger partial charge in [0.1, 0.15) is 12.1 Å². The molecule has 0 aliphatic carbocycles. The van der Waals surface area contributed by atoms with E-state index in [1.54, 1.807) is 4.90 Å². The molecule has 20 heavy (non-hydrogen) atoms. The van der Waals surface area contributed by atoms with Crippen LogP contribution in [0, 0.1) is 0 Å². The highest BCUT2D eigenvalue weighted by Gasteiger charge is 2.41. The third-order valence-corrected chi connectivity index (χ3v) is 3.64. The van der Waals surface area contributed by atoms with Crippen molar-refractivity contribution in [2.45, 2.75) is 51.7 Å². The SMILES string of the molecule is CCCC1NC(=O)C(c2ccccc2)N(C(C)C)C1=O. The van der Waals surface area contributed by atoms with E-state index in [0.717, 1.165) is 12.0 Å². The molecule has 2 rings (SSSR count). The van der Waals surface area contributed by atoms with Gasteiger partial charge in [-0.3, -0.25) is 9.59 Å². The molecule has 2 atom stereocenters. The van der Waals surface area contributed by atoms with E-state index in [9.17, 15) is 9.59 Å². The van der Waals surface area contributed by atoms with E-state index in [4.69, 9.17) is 0 Å². The molecule has 4 heteroatoms. The van der Waals surface area contributed by atoms with Crippen LogP contribution in [0.1, 0.15) is 45.2 Å². The topological polar surface area (TPSA) is 49.4 Å². The number of carbonyl (C=O) groups excluding carboxylic acids is 2. The normalized spacial score (nSPS) is 23.1. The third-order valence-electron chi connectivity index (χ3n) is 3.64. The van der Waals surface area contributed by atoms with Gasteiger partial charge in [0.15, 0.2) is 0 Å². The highest BCUT2D eigenvalue weighted by Crippen LogP contribution is 2.28. The molecule has 108 valence electrons. The Morgan fingerprint density at radius 1 is 1.20 bits per heavy atom. The van der Waals surface area contributed by atoms with Crippen molar-refractivity contribution in [1.82, 2.24) is 10.2 Å². The number of hydrogen-bond donors (Lipinski definition) is 1. The Bertz CT molecular complexity index is 485.